The van der Waals surface area contributed by atoms with Gasteiger partial charge in [0.15, 0.2) is 25.5 Å². The molecule has 0 heterocycles. The van der Waals surface area contributed by atoms with Gasteiger partial charge in [-0.3, -0.25) is 19.7 Å². The molecule has 14 heteroatoms. The molecular weight excluding hydrogens is 797 g/mol. The molecule has 2 aromatic carbocycles. The molecule has 1 N–H and O–H groups in total. The Balaban J connectivity index is 0.000000374. The predicted molar refractivity (Wildman–Crippen MR) is 227 cm³/mol. The van der Waals surface area contributed by atoms with Crippen LogP contribution in [-0.4, -0.2) is 73.1 Å². The Hall–Kier alpha value is -2.64. The van der Waals surface area contributed by atoms with Crippen molar-refractivity contribution in [2.75, 3.05) is 25.2 Å². The zero-order valence-electron chi connectivity index (χ0n) is 33.9. The van der Waals surface area contributed by atoms with E-state index in [1.165, 1.54) is 0 Å². The van der Waals surface area contributed by atoms with Crippen LogP contribution in [-0.2, 0) is 29.3 Å². The van der Waals surface area contributed by atoms with Gasteiger partial charge in [0, 0.05) is 40.3 Å². The number of hydrogen-bond donors (Lipinski definition) is 1. The summed E-state index contributed by atoms with van der Waals surface area (Å²) in [6.07, 6.45) is 9.35. The summed E-state index contributed by atoms with van der Waals surface area (Å²) in [7, 11) is -5.28. The first-order valence-corrected chi connectivity index (χ1v) is 23.3. The number of aliphatic hydroxyl groups is 1. The van der Waals surface area contributed by atoms with Crippen LogP contribution in [0.1, 0.15) is 116 Å². The van der Waals surface area contributed by atoms with Crippen LogP contribution in [0.5, 0.6) is 0 Å². The fourth-order valence-corrected chi connectivity index (χ4v) is 10.3. The Morgan fingerprint density at radius 3 is 1.64 bits per heavy atom. The van der Waals surface area contributed by atoms with E-state index in [-0.39, 0.29) is 59.7 Å². The van der Waals surface area contributed by atoms with E-state index in [4.69, 9.17) is 28.3 Å². The second-order valence-electron chi connectivity index (χ2n) is 17.0. The molecule has 0 radical (unpaired) electrons. The highest BCUT2D eigenvalue weighted by molar-refractivity contribution is 7.93. The minimum Gasteiger partial charge on any atom is -0.400 e. The number of sulfone groups is 2. The van der Waals surface area contributed by atoms with Crippen molar-refractivity contribution in [2.45, 2.75) is 115 Å². The Bertz CT molecular complexity index is 1850. The molecule has 1 atom stereocenters. The summed E-state index contributed by atoms with van der Waals surface area (Å²) in [6, 6.07) is 14.3. The maximum absolute atomic E-state index is 12.8. The van der Waals surface area contributed by atoms with Crippen molar-refractivity contribution < 1.29 is 36.5 Å². The molecule has 2 saturated carbocycles. The van der Waals surface area contributed by atoms with Crippen molar-refractivity contribution >= 4 is 60.5 Å². The van der Waals surface area contributed by atoms with Crippen molar-refractivity contribution in [1.82, 2.24) is 0 Å². The highest BCUT2D eigenvalue weighted by atomic mass is 35.5. The number of Topliss-reactive ketones (excluding diaryl/α,β-unsaturated/α-hetero) is 1. The average molecular weight is 859 g/mol. The standard InChI is InChI=1S/C21H30ClNO5S.C20H27ClO3S.CH4O/c1-21(2,3)29(27,28)14-15-7-9-16(10-8-15)20(24)12-18(13-23(25)26)17-5-4-6-19(22)11-17;1-20(2,3)25(23,24)14-16-7-10-17(11-8-16)19(22)12-9-15-5-4-6-18(21)13-15;1-2/h4-6,11,15-16,18H,7-10,12-14H2,1-3H3;4-6,9,12-13,16-17H,7-8,10-11,14H2,1-3H3;2H,1H3/b;12-9+;. The molecule has 0 aliphatic heterocycles. The van der Waals surface area contributed by atoms with E-state index in [1.807, 2.05) is 18.2 Å². The van der Waals surface area contributed by atoms with Crippen LogP contribution < -0.4 is 0 Å². The lowest BCUT2D eigenvalue weighted by atomic mass is 9.78. The molecule has 0 aromatic heterocycles. The molecule has 56 heavy (non-hydrogen) atoms. The minimum absolute atomic E-state index is 0.00373. The van der Waals surface area contributed by atoms with Crippen LogP contribution in [0.15, 0.2) is 54.6 Å². The lowest BCUT2D eigenvalue weighted by Gasteiger charge is -2.30. The van der Waals surface area contributed by atoms with Crippen molar-refractivity contribution in [1.29, 1.82) is 0 Å². The number of carbonyl (C=O) groups excluding carboxylic acids is 2. The molecule has 0 bridgehead atoms. The number of carbonyl (C=O) groups is 2. The van der Waals surface area contributed by atoms with Gasteiger partial charge >= 0.3 is 0 Å². The molecule has 1 unspecified atom stereocenters. The highest BCUT2D eigenvalue weighted by Crippen LogP contribution is 2.35. The van der Waals surface area contributed by atoms with Gasteiger partial charge in [0.2, 0.25) is 6.54 Å². The van der Waals surface area contributed by atoms with E-state index >= 15 is 0 Å². The van der Waals surface area contributed by atoms with Gasteiger partial charge in [-0.15, -0.1) is 0 Å². The van der Waals surface area contributed by atoms with Crippen molar-refractivity contribution in [2.24, 2.45) is 23.7 Å². The van der Waals surface area contributed by atoms with Gasteiger partial charge in [-0.1, -0.05) is 53.5 Å². The first-order valence-electron chi connectivity index (χ1n) is 19.2. The zero-order chi connectivity index (χ0) is 42.5. The van der Waals surface area contributed by atoms with Crippen LogP contribution >= 0.6 is 23.2 Å². The van der Waals surface area contributed by atoms with Gasteiger partial charge in [0.05, 0.1) is 26.9 Å². The Morgan fingerprint density at radius 2 is 1.21 bits per heavy atom. The lowest BCUT2D eigenvalue weighted by molar-refractivity contribution is -0.483. The normalized spacial score (nSPS) is 21.2. The van der Waals surface area contributed by atoms with Gasteiger partial charge in [0.25, 0.3) is 0 Å². The fraction of sp³-hybridized carbons (Fsp3) is 0.619. The van der Waals surface area contributed by atoms with Crippen molar-refractivity contribution in [3.05, 3.63) is 85.9 Å². The van der Waals surface area contributed by atoms with Crippen LogP contribution in [0.25, 0.3) is 6.08 Å². The molecule has 2 aliphatic carbocycles. The van der Waals surface area contributed by atoms with Gasteiger partial charge in [-0.2, -0.15) is 0 Å². The van der Waals surface area contributed by atoms with Crippen LogP contribution in [0.2, 0.25) is 10.0 Å². The number of hydrogen-bond acceptors (Lipinski definition) is 9. The highest BCUT2D eigenvalue weighted by Gasteiger charge is 2.36. The molecule has 2 fully saturated rings. The van der Waals surface area contributed by atoms with E-state index < -0.39 is 40.0 Å². The summed E-state index contributed by atoms with van der Waals surface area (Å²) in [5, 5.41) is 19.2. The van der Waals surface area contributed by atoms with E-state index in [1.54, 1.807) is 84.0 Å². The first-order chi connectivity index (χ1) is 26.0. The molecule has 314 valence electrons. The summed E-state index contributed by atoms with van der Waals surface area (Å²) in [6.45, 7) is 10.1. The van der Waals surface area contributed by atoms with Gasteiger partial charge < -0.3 is 5.11 Å². The van der Waals surface area contributed by atoms with Crippen LogP contribution in [0.4, 0.5) is 0 Å². The Morgan fingerprint density at radius 1 is 0.768 bits per heavy atom. The Kier molecular flexibility index (Phi) is 19.4. The number of ketones is 2. The number of rotatable bonds is 13. The van der Waals surface area contributed by atoms with Gasteiger partial charge in [0.1, 0.15) is 5.78 Å². The lowest BCUT2D eigenvalue weighted by Crippen LogP contribution is -2.35. The second kappa shape index (κ2) is 21.9. The van der Waals surface area contributed by atoms with E-state index in [9.17, 15) is 36.5 Å². The minimum atomic E-state index is -3.18. The molecule has 0 spiro atoms. The fourth-order valence-electron chi connectivity index (χ4n) is 6.95. The molecule has 10 nitrogen and oxygen atoms in total. The van der Waals surface area contributed by atoms with E-state index in [0.717, 1.165) is 38.4 Å². The molecular formula is C42H61Cl2NO9S2. The topological polar surface area (TPSA) is 166 Å². The predicted octanol–water partition coefficient (Wildman–Crippen LogP) is 9.23. The maximum atomic E-state index is 12.8. The van der Waals surface area contributed by atoms with Crippen LogP contribution in [0, 0.1) is 33.8 Å². The molecule has 0 saturated heterocycles. The number of halogens is 2. The molecule has 4 rings (SSSR count). The summed E-state index contributed by atoms with van der Waals surface area (Å²) in [4.78, 5) is 35.9. The Labute approximate surface area is 344 Å². The van der Waals surface area contributed by atoms with Gasteiger partial charge in [-0.25, -0.2) is 16.8 Å². The van der Waals surface area contributed by atoms with E-state index in [0.29, 0.717) is 41.3 Å². The third-order valence-electron chi connectivity index (χ3n) is 10.8. The zero-order valence-corrected chi connectivity index (χ0v) is 37.0. The monoisotopic (exact) mass is 857 g/mol. The molecule has 0 amide bonds. The largest absolute Gasteiger partial charge is 0.400 e. The SMILES string of the molecule is CC(C)(C)S(=O)(=O)CC1CCC(C(=O)/C=C/c2cccc(Cl)c2)CC1.CC(C)(C)S(=O)(=O)CC1CCC(C(=O)CC(C[N+](=O)[O-])c2cccc(Cl)c2)CC1.CO. The summed E-state index contributed by atoms with van der Waals surface area (Å²) in [5.41, 5.74) is 1.61. The van der Waals surface area contributed by atoms with Crippen molar-refractivity contribution in [3.8, 4) is 0 Å². The van der Waals surface area contributed by atoms with Crippen molar-refractivity contribution in [3.63, 3.8) is 0 Å². The second-order valence-corrected chi connectivity index (χ2v) is 23.4. The third kappa shape index (κ3) is 16.0. The molecule has 2 aromatic rings. The smallest absolute Gasteiger partial charge is 0.211 e. The number of allylic oxidation sites excluding steroid dienone is 1. The maximum Gasteiger partial charge on any atom is 0.211 e. The van der Waals surface area contributed by atoms with E-state index in [2.05, 4.69) is 0 Å². The quantitative estimate of drug-likeness (QED) is 0.117. The molecule has 2 aliphatic rings. The summed E-state index contributed by atoms with van der Waals surface area (Å²) in [5.74, 6) is 0.123. The third-order valence-corrected chi connectivity index (χ3v) is 16.8. The number of nitrogens with zero attached hydrogens (tertiary/aromatic N) is 1. The summed E-state index contributed by atoms with van der Waals surface area (Å²) < 4.78 is 48.0. The number of benzene rings is 2. The number of aliphatic hydroxyl groups excluding tert-OH is 1. The average Bonchev–Trinajstić information content (AvgIpc) is 3.10. The van der Waals surface area contributed by atoms with Crippen LogP contribution in [0.3, 0.4) is 0 Å². The first kappa shape index (κ1) is 49.5. The number of nitro groups is 1. The van der Waals surface area contributed by atoms with Gasteiger partial charge in [-0.05, 0) is 146 Å². The summed E-state index contributed by atoms with van der Waals surface area (Å²) >= 11 is 11.9.